The molecule has 0 bridgehead atoms. The van der Waals surface area contributed by atoms with Crippen LogP contribution in [0.15, 0.2) is 18.3 Å². The average molecular weight is 275 g/mol. The van der Waals surface area contributed by atoms with Gasteiger partial charge in [-0.05, 0) is 32.0 Å². The lowest BCUT2D eigenvalue weighted by molar-refractivity contribution is 0.500. The lowest BCUT2D eigenvalue weighted by atomic mass is 10.1. The molecule has 0 aliphatic heterocycles. The molecule has 2 heterocycles. The third-order valence-electron chi connectivity index (χ3n) is 3.53. The van der Waals surface area contributed by atoms with Gasteiger partial charge < -0.3 is 5.32 Å². The zero-order chi connectivity index (χ0) is 14.5. The number of nitrogens with zero attached hydrogens (tertiary/aromatic N) is 4. The van der Waals surface area contributed by atoms with Crippen molar-refractivity contribution in [2.24, 2.45) is 7.05 Å². The summed E-state index contributed by atoms with van der Waals surface area (Å²) in [6.07, 6.45) is 3.90. The smallest absolute Gasteiger partial charge is 0.0797 e. The zero-order valence-electron chi connectivity index (χ0n) is 12.9. The van der Waals surface area contributed by atoms with Crippen molar-refractivity contribution in [3.05, 3.63) is 35.4 Å². The molecule has 0 aliphatic rings. The average Bonchev–Trinajstić information content (AvgIpc) is 3.04. The Bertz CT molecular complexity index is 540. The van der Waals surface area contributed by atoms with Gasteiger partial charge in [-0.2, -0.15) is 10.2 Å². The van der Waals surface area contributed by atoms with Crippen molar-refractivity contribution in [2.75, 3.05) is 6.54 Å². The lowest BCUT2D eigenvalue weighted by Crippen LogP contribution is -2.24. The van der Waals surface area contributed by atoms with Gasteiger partial charge >= 0.3 is 0 Å². The molecule has 20 heavy (non-hydrogen) atoms. The molecular formula is C15H25N5. The minimum absolute atomic E-state index is 0.243. The van der Waals surface area contributed by atoms with Crippen molar-refractivity contribution >= 4 is 0 Å². The van der Waals surface area contributed by atoms with Gasteiger partial charge in [0.15, 0.2) is 0 Å². The Balaban J connectivity index is 2.21. The molecule has 2 aromatic rings. The van der Waals surface area contributed by atoms with Gasteiger partial charge in [-0.1, -0.05) is 13.8 Å². The van der Waals surface area contributed by atoms with Crippen LogP contribution in [0, 0.1) is 0 Å². The first-order valence-electron chi connectivity index (χ1n) is 7.46. The predicted molar refractivity (Wildman–Crippen MR) is 80.6 cm³/mol. The molecular weight excluding hydrogens is 250 g/mol. The summed E-state index contributed by atoms with van der Waals surface area (Å²) in [7, 11) is 1.96. The van der Waals surface area contributed by atoms with Crippen LogP contribution in [-0.2, 0) is 26.4 Å². The molecule has 5 nitrogen and oxygen atoms in total. The second-order valence-electron chi connectivity index (χ2n) is 5.02. The van der Waals surface area contributed by atoms with Crippen molar-refractivity contribution in [2.45, 2.75) is 46.2 Å². The van der Waals surface area contributed by atoms with Gasteiger partial charge in [0.1, 0.15) is 0 Å². The summed E-state index contributed by atoms with van der Waals surface area (Å²) in [4.78, 5) is 0. The molecule has 2 rings (SSSR count). The van der Waals surface area contributed by atoms with Gasteiger partial charge in [0, 0.05) is 31.9 Å². The van der Waals surface area contributed by atoms with E-state index in [4.69, 9.17) is 0 Å². The van der Waals surface area contributed by atoms with Crippen LogP contribution in [0.5, 0.6) is 0 Å². The summed E-state index contributed by atoms with van der Waals surface area (Å²) < 4.78 is 3.96. The SMILES string of the molecule is CCNC(Cc1cc(CC)nn1CC)c1ccn(C)n1. The molecule has 0 saturated heterocycles. The second-order valence-corrected chi connectivity index (χ2v) is 5.02. The number of hydrogen-bond acceptors (Lipinski definition) is 3. The summed E-state index contributed by atoms with van der Waals surface area (Å²) in [5.41, 5.74) is 3.54. The predicted octanol–water partition coefficient (Wildman–Crippen LogP) is 2.09. The van der Waals surface area contributed by atoms with E-state index in [-0.39, 0.29) is 6.04 Å². The van der Waals surface area contributed by atoms with Gasteiger partial charge in [0.25, 0.3) is 0 Å². The van der Waals surface area contributed by atoms with E-state index >= 15 is 0 Å². The fourth-order valence-corrected chi connectivity index (χ4v) is 2.48. The van der Waals surface area contributed by atoms with E-state index in [1.807, 2.05) is 17.9 Å². The zero-order valence-corrected chi connectivity index (χ0v) is 12.9. The summed E-state index contributed by atoms with van der Waals surface area (Å²) in [5, 5.41) is 12.7. The van der Waals surface area contributed by atoms with Crippen molar-refractivity contribution in [1.29, 1.82) is 0 Å². The Labute approximate surface area is 121 Å². The van der Waals surface area contributed by atoms with Gasteiger partial charge in [-0.25, -0.2) is 0 Å². The van der Waals surface area contributed by atoms with Crippen LogP contribution in [-0.4, -0.2) is 26.1 Å². The largest absolute Gasteiger partial charge is 0.309 e. The maximum atomic E-state index is 4.62. The van der Waals surface area contributed by atoms with Crippen molar-refractivity contribution in [1.82, 2.24) is 24.9 Å². The van der Waals surface area contributed by atoms with E-state index in [1.165, 1.54) is 5.69 Å². The first kappa shape index (κ1) is 14.8. The second kappa shape index (κ2) is 6.70. The number of nitrogens with one attached hydrogen (secondary N) is 1. The van der Waals surface area contributed by atoms with Gasteiger partial charge in [-0.15, -0.1) is 0 Å². The quantitative estimate of drug-likeness (QED) is 0.841. The van der Waals surface area contributed by atoms with Crippen molar-refractivity contribution < 1.29 is 0 Å². The summed E-state index contributed by atoms with van der Waals surface area (Å²) in [6.45, 7) is 8.26. The molecule has 110 valence electrons. The van der Waals surface area contributed by atoms with E-state index in [0.717, 1.165) is 37.3 Å². The molecule has 1 unspecified atom stereocenters. The summed E-state index contributed by atoms with van der Waals surface area (Å²) in [6, 6.07) is 4.55. The van der Waals surface area contributed by atoms with E-state index in [2.05, 4.69) is 53.1 Å². The maximum Gasteiger partial charge on any atom is 0.0797 e. The number of likely N-dealkylation sites (N-methyl/N-ethyl adjacent to an activating group) is 1. The maximum absolute atomic E-state index is 4.62. The van der Waals surface area contributed by atoms with Crippen LogP contribution in [0.25, 0.3) is 0 Å². The molecule has 5 heteroatoms. The first-order chi connectivity index (χ1) is 9.67. The Morgan fingerprint density at radius 2 is 2.05 bits per heavy atom. The fraction of sp³-hybridized carbons (Fsp3) is 0.600. The van der Waals surface area contributed by atoms with E-state index in [0.29, 0.717) is 0 Å². The van der Waals surface area contributed by atoms with Crippen LogP contribution < -0.4 is 5.32 Å². The molecule has 1 N–H and O–H groups in total. The minimum Gasteiger partial charge on any atom is -0.309 e. The van der Waals surface area contributed by atoms with Crippen LogP contribution in [0.3, 0.4) is 0 Å². The third kappa shape index (κ3) is 3.28. The molecule has 0 radical (unpaired) electrons. The highest BCUT2D eigenvalue weighted by Crippen LogP contribution is 2.18. The van der Waals surface area contributed by atoms with Crippen molar-refractivity contribution in [3.63, 3.8) is 0 Å². The molecule has 2 aromatic heterocycles. The highest BCUT2D eigenvalue weighted by Gasteiger charge is 2.17. The minimum atomic E-state index is 0.243. The van der Waals surface area contributed by atoms with Crippen LogP contribution in [0.4, 0.5) is 0 Å². The Morgan fingerprint density at radius 3 is 2.60 bits per heavy atom. The van der Waals surface area contributed by atoms with Gasteiger partial charge in [-0.3, -0.25) is 9.36 Å². The highest BCUT2D eigenvalue weighted by molar-refractivity contribution is 5.16. The monoisotopic (exact) mass is 275 g/mol. The van der Waals surface area contributed by atoms with Gasteiger partial charge in [0.2, 0.25) is 0 Å². The number of aromatic nitrogens is 4. The molecule has 0 amide bonds. The first-order valence-corrected chi connectivity index (χ1v) is 7.46. The molecule has 0 fully saturated rings. The molecule has 1 atom stereocenters. The number of aryl methyl sites for hydroxylation is 3. The summed E-state index contributed by atoms with van der Waals surface area (Å²) in [5.74, 6) is 0. The molecule has 0 aromatic carbocycles. The van der Waals surface area contributed by atoms with Crippen LogP contribution in [0.2, 0.25) is 0 Å². The Hall–Kier alpha value is -1.62. The van der Waals surface area contributed by atoms with Gasteiger partial charge in [0.05, 0.1) is 17.4 Å². The Morgan fingerprint density at radius 1 is 1.25 bits per heavy atom. The fourth-order valence-electron chi connectivity index (χ4n) is 2.48. The third-order valence-corrected chi connectivity index (χ3v) is 3.53. The van der Waals surface area contributed by atoms with Crippen LogP contribution >= 0.6 is 0 Å². The highest BCUT2D eigenvalue weighted by atomic mass is 15.3. The lowest BCUT2D eigenvalue weighted by Gasteiger charge is -2.16. The Kier molecular flexibility index (Phi) is 4.95. The van der Waals surface area contributed by atoms with E-state index in [9.17, 15) is 0 Å². The van der Waals surface area contributed by atoms with E-state index < -0.39 is 0 Å². The molecule has 0 saturated carbocycles. The topological polar surface area (TPSA) is 47.7 Å². The normalized spacial score (nSPS) is 12.8. The standard InChI is InChI=1S/C15H25N5/c1-5-12-10-13(20(7-3)17-12)11-15(16-6-2)14-8-9-19(4)18-14/h8-10,15-16H,5-7,11H2,1-4H3. The molecule has 0 aliphatic carbocycles. The van der Waals surface area contributed by atoms with Crippen molar-refractivity contribution in [3.8, 4) is 0 Å². The van der Waals surface area contributed by atoms with Crippen LogP contribution in [0.1, 0.15) is 43.9 Å². The number of hydrogen-bond donors (Lipinski definition) is 1. The summed E-state index contributed by atoms with van der Waals surface area (Å²) >= 11 is 0. The van der Waals surface area contributed by atoms with E-state index in [1.54, 1.807) is 0 Å². The molecule has 0 spiro atoms. The number of rotatable bonds is 7.